The van der Waals surface area contributed by atoms with E-state index in [9.17, 15) is 23.6 Å². The van der Waals surface area contributed by atoms with Crippen LogP contribution in [0.3, 0.4) is 0 Å². The largest absolute Gasteiger partial charge is 0.619 e. The molecule has 0 saturated heterocycles. The third-order valence-corrected chi connectivity index (χ3v) is 7.62. The molecule has 0 amide bonds. The Morgan fingerprint density at radius 3 is 2.17 bits per heavy atom. The summed E-state index contributed by atoms with van der Waals surface area (Å²) in [5.41, 5.74) is 0.988. The number of nitrogens with zero attached hydrogens (tertiary/aromatic N) is 1. The van der Waals surface area contributed by atoms with Crippen molar-refractivity contribution in [3.63, 3.8) is 0 Å². The predicted molar refractivity (Wildman–Crippen MR) is 149 cm³/mol. The van der Waals surface area contributed by atoms with Gasteiger partial charge in [-0.1, -0.05) is 29.3 Å². The van der Waals surface area contributed by atoms with Crippen LogP contribution in [0.1, 0.15) is 63.6 Å². The van der Waals surface area contributed by atoms with Crippen LogP contribution in [0.2, 0.25) is 10.0 Å². The van der Waals surface area contributed by atoms with Gasteiger partial charge in [-0.25, -0.2) is 4.79 Å². The Morgan fingerprint density at radius 2 is 1.57 bits per heavy atom. The van der Waals surface area contributed by atoms with Crippen LogP contribution in [0.15, 0.2) is 48.8 Å². The Balaban J connectivity index is 1.45. The van der Waals surface area contributed by atoms with Crippen molar-refractivity contribution in [2.45, 2.75) is 44.8 Å². The first-order valence-electron chi connectivity index (χ1n) is 13.4. The molecule has 8 nitrogen and oxygen atoms in total. The standard InChI is InChI=1S/C30H27Cl2F2NO7/c31-23-12-35(38)13-24(32)22(23)11-27(19-5-8-26(42-30(33)34)28(10-19)40-16-18-3-4-18)41-29(37)20-6-7-25(21(9-20)14-36)39-15-17-1-2-17/h5-10,12-14,17-18,27,30H,1-4,11,15-16H2. The molecule has 5 rings (SSSR count). The van der Waals surface area contributed by atoms with Crippen LogP contribution in [0.4, 0.5) is 8.78 Å². The number of hydrogen-bond donors (Lipinski definition) is 0. The Hall–Kier alpha value is -3.63. The molecule has 0 aliphatic heterocycles. The molecule has 1 atom stereocenters. The minimum Gasteiger partial charge on any atom is -0.619 e. The smallest absolute Gasteiger partial charge is 0.387 e. The summed E-state index contributed by atoms with van der Waals surface area (Å²) < 4.78 is 48.7. The van der Waals surface area contributed by atoms with Gasteiger partial charge in [0.2, 0.25) is 0 Å². The zero-order chi connectivity index (χ0) is 29.8. The van der Waals surface area contributed by atoms with Crippen LogP contribution in [0, 0.1) is 17.0 Å². The molecule has 0 spiro atoms. The summed E-state index contributed by atoms with van der Waals surface area (Å²) >= 11 is 12.6. The number of alkyl halides is 2. The molecular weight excluding hydrogens is 595 g/mol. The van der Waals surface area contributed by atoms with E-state index in [1.54, 1.807) is 0 Å². The summed E-state index contributed by atoms with van der Waals surface area (Å²) in [6.45, 7) is -2.26. The summed E-state index contributed by atoms with van der Waals surface area (Å²) in [7, 11) is 0. The van der Waals surface area contributed by atoms with Crippen LogP contribution < -0.4 is 18.9 Å². The van der Waals surface area contributed by atoms with Gasteiger partial charge in [0.05, 0.1) is 24.3 Å². The number of aldehydes is 1. The van der Waals surface area contributed by atoms with Crippen molar-refractivity contribution in [1.29, 1.82) is 0 Å². The van der Waals surface area contributed by atoms with Gasteiger partial charge in [0, 0.05) is 12.0 Å². The fourth-order valence-corrected chi connectivity index (χ4v) is 4.85. The lowest BCUT2D eigenvalue weighted by Gasteiger charge is -2.21. The summed E-state index contributed by atoms with van der Waals surface area (Å²) in [4.78, 5) is 25.1. The van der Waals surface area contributed by atoms with E-state index >= 15 is 0 Å². The highest BCUT2D eigenvalue weighted by atomic mass is 35.5. The molecule has 2 saturated carbocycles. The van der Waals surface area contributed by atoms with Crippen molar-refractivity contribution < 1.29 is 42.0 Å². The first-order valence-corrected chi connectivity index (χ1v) is 14.2. The first kappa shape index (κ1) is 29.8. The van der Waals surface area contributed by atoms with Gasteiger partial charge < -0.3 is 24.2 Å². The van der Waals surface area contributed by atoms with Gasteiger partial charge in [-0.3, -0.25) is 4.79 Å². The van der Waals surface area contributed by atoms with Gasteiger partial charge in [-0.15, -0.1) is 0 Å². The molecule has 0 bridgehead atoms. The zero-order valence-electron chi connectivity index (χ0n) is 22.3. The number of carbonyl (C=O) groups is 2. The van der Waals surface area contributed by atoms with E-state index in [1.807, 2.05) is 0 Å². The summed E-state index contributed by atoms with van der Waals surface area (Å²) in [5.74, 6) is 0.283. The quantitative estimate of drug-likeness (QED) is 0.0849. The molecule has 3 aromatic rings. The maximum absolute atomic E-state index is 13.4. The van der Waals surface area contributed by atoms with E-state index < -0.39 is 18.7 Å². The molecule has 0 radical (unpaired) electrons. The lowest BCUT2D eigenvalue weighted by Crippen LogP contribution is -2.25. The summed E-state index contributed by atoms with van der Waals surface area (Å²) in [6, 6.07) is 8.63. The van der Waals surface area contributed by atoms with Crippen LogP contribution in [-0.4, -0.2) is 32.1 Å². The molecule has 0 N–H and O–H groups in total. The highest BCUT2D eigenvalue weighted by Gasteiger charge is 2.27. The number of carbonyl (C=O) groups excluding carboxylic acids is 2. The first-order chi connectivity index (χ1) is 20.2. The van der Waals surface area contributed by atoms with Crippen molar-refractivity contribution in [3.8, 4) is 17.2 Å². The molecule has 1 unspecified atom stereocenters. The third kappa shape index (κ3) is 7.80. The molecule has 2 fully saturated rings. The maximum Gasteiger partial charge on any atom is 0.387 e. The zero-order valence-corrected chi connectivity index (χ0v) is 23.8. The average Bonchev–Trinajstić information content (AvgIpc) is 3.88. The van der Waals surface area contributed by atoms with Crippen LogP contribution in [0.25, 0.3) is 0 Å². The number of pyridine rings is 1. The second-order valence-corrected chi connectivity index (χ2v) is 11.2. The van der Waals surface area contributed by atoms with Gasteiger partial charge in [-0.2, -0.15) is 13.5 Å². The van der Waals surface area contributed by atoms with Crippen molar-refractivity contribution in [3.05, 3.63) is 86.3 Å². The highest BCUT2D eigenvalue weighted by Crippen LogP contribution is 2.38. The summed E-state index contributed by atoms with van der Waals surface area (Å²) in [5, 5.41) is 11.9. The third-order valence-electron chi connectivity index (χ3n) is 6.97. The number of ether oxygens (including phenoxy) is 4. The van der Waals surface area contributed by atoms with Gasteiger partial charge in [0.15, 0.2) is 30.2 Å². The van der Waals surface area contributed by atoms with Crippen LogP contribution in [-0.2, 0) is 11.2 Å². The Bertz CT molecular complexity index is 1440. The minimum absolute atomic E-state index is 0.0433. The Kier molecular flexibility index (Phi) is 9.33. The average molecular weight is 622 g/mol. The van der Waals surface area contributed by atoms with Gasteiger partial charge in [0.1, 0.15) is 21.9 Å². The molecule has 1 heterocycles. The van der Waals surface area contributed by atoms with E-state index in [-0.39, 0.29) is 39.1 Å². The molecule has 1 aromatic heterocycles. The van der Waals surface area contributed by atoms with E-state index in [4.69, 9.17) is 37.4 Å². The van der Waals surface area contributed by atoms with E-state index in [0.717, 1.165) is 38.1 Å². The maximum atomic E-state index is 13.4. The molecule has 222 valence electrons. The topological polar surface area (TPSA) is 98.0 Å². The lowest BCUT2D eigenvalue weighted by atomic mass is 10.0. The summed E-state index contributed by atoms with van der Waals surface area (Å²) in [6.07, 6.45) is 5.82. The van der Waals surface area contributed by atoms with Crippen LogP contribution in [0.5, 0.6) is 17.2 Å². The molecule has 2 aromatic carbocycles. The number of halogens is 4. The Labute approximate surface area is 250 Å². The van der Waals surface area contributed by atoms with Gasteiger partial charge in [0.25, 0.3) is 0 Å². The van der Waals surface area contributed by atoms with E-state index in [2.05, 4.69) is 4.74 Å². The number of benzene rings is 2. The molecule has 12 heteroatoms. The van der Waals surface area contributed by atoms with Gasteiger partial charge >= 0.3 is 12.6 Å². The second kappa shape index (κ2) is 13.1. The van der Waals surface area contributed by atoms with Crippen molar-refractivity contribution in [2.24, 2.45) is 11.8 Å². The van der Waals surface area contributed by atoms with E-state index in [1.165, 1.54) is 36.4 Å². The lowest BCUT2D eigenvalue weighted by molar-refractivity contribution is -0.605. The number of rotatable bonds is 14. The number of hydrogen-bond acceptors (Lipinski definition) is 7. The Morgan fingerprint density at radius 1 is 0.952 bits per heavy atom. The molecule has 42 heavy (non-hydrogen) atoms. The monoisotopic (exact) mass is 621 g/mol. The normalized spacial score (nSPS) is 15.3. The predicted octanol–water partition coefficient (Wildman–Crippen LogP) is 6.76. The van der Waals surface area contributed by atoms with Crippen LogP contribution >= 0.6 is 23.2 Å². The van der Waals surface area contributed by atoms with Crippen molar-refractivity contribution >= 4 is 35.5 Å². The highest BCUT2D eigenvalue weighted by molar-refractivity contribution is 6.35. The number of aromatic nitrogens is 1. The van der Waals surface area contributed by atoms with Crippen molar-refractivity contribution in [1.82, 2.24) is 0 Å². The molecule has 2 aliphatic carbocycles. The number of esters is 1. The molecular formula is C30H27Cl2F2NO7. The van der Waals surface area contributed by atoms with Crippen molar-refractivity contribution in [2.75, 3.05) is 13.2 Å². The SMILES string of the molecule is O=Cc1cc(C(=O)OC(Cc2c(Cl)c[n+]([O-])cc2Cl)c2ccc(OC(F)F)c(OCC3CC3)c2)ccc1OCC1CC1. The minimum atomic E-state index is -3.07. The fraction of sp³-hybridized carbons (Fsp3) is 0.367. The van der Waals surface area contributed by atoms with E-state index in [0.29, 0.717) is 52.9 Å². The second-order valence-electron chi connectivity index (χ2n) is 10.4. The van der Waals surface area contributed by atoms with Gasteiger partial charge in [-0.05, 0) is 73.4 Å². The fourth-order valence-electron chi connectivity index (χ4n) is 4.25. The molecule has 2 aliphatic rings.